The molecule has 1 unspecified atom stereocenters. The number of aliphatic hydroxyl groups excluding tert-OH is 1. The number of halogens is 1. The Morgan fingerprint density at radius 1 is 1.23 bits per heavy atom. The quantitative estimate of drug-likeness (QED) is 0.736. The topological polar surface area (TPSA) is 86.2 Å². The highest BCUT2D eigenvalue weighted by atomic mass is 35.5. The van der Waals surface area contributed by atoms with Gasteiger partial charge in [-0.3, -0.25) is 4.98 Å². The first-order chi connectivity index (χ1) is 12.2. The molecule has 0 saturated carbocycles. The number of nitrogens with zero attached hydrogens (tertiary/aromatic N) is 4. The first-order valence-corrected chi connectivity index (χ1v) is 8.89. The molecular weight excluding hydrogens is 352 g/mol. The van der Waals surface area contributed by atoms with Crippen LogP contribution in [0.1, 0.15) is 31.4 Å². The van der Waals surface area contributed by atoms with E-state index in [1.165, 1.54) is 12.8 Å². The Labute approximate surface area is 159 Å². The maximum atomic E-state index is 9.20. The number of fused-ring (bicyclic) bond motifs is 2. The van der Waals surface area contributed by atoms with E-state index in [9.17, 15) is 5.11 Å². The van der Waals surface area contributed by atoms with E-state index in [2.05, 4.69) is 30.5 Å². The number of aromatic nitrogens is 3. The summed E-state index contributed by atoms with van der Waals surface area (Å²) in [5.74, 6) is 1.58. The molecule has 4 heterocycles. The number of hydrogen-bond donors (Lipinski definition) is 3. The Hall–Kier alpha value is -1.96. The average Bonchev–Trinajstić information content (AvgIpc) is 2.99. The minimum absolute atomic E-state index is 0. The zero-order chi connectivity index (χ0) is 17.2. The molecule has 3 atom stereocenters. The number of hydrogen-bond acceptors (Lipinski definition) is 7. The van der Waals surface area contributed by atoms with Crippen molar-refractivity contribution in [3.05, 3.63) is 36.3 Å². The molecule has 3 N–H and O–H groups in total. The molecule has 2 aliphatic rings. The summed E-state index contributed by atoms with van der Waals surface area (Å²) in [6.07, 6.45) is 6.05. The third kappa shape index (κ3) is 4.06. The Morgan fingerprint density at radius 2 is 2.00 bits per heavy atom. The molecule has 4 rings (SSSR count). The van der Waals surface area contributed by atoms with Crippen molar-refractivity contribution in [3.8, 4) is 0 Å². The second-order valence-corrected chi connectivity index (χ2v) is 6.96. The highest BCUT2D eigenvalue weighted by Gasteiger charge is 2.32. The number of piperazine rings is 1. The van der Waals surface area contributed by atoms with Crippen LogP contribution >= 0.6 is 12.4 Å². The summed E-state index contributed by atoms with van der Waals surface area (Å²) < 4.78 is 0. The van der Waals surface area contributed by atoms with Gasteiger partial charge in [-0.15, -0.1) is 12.4 Å². The van der Waals surface area contributed by atoms with Gasteiger partial charge in [-0.25, -0.2) is 4.98 Å². The van der Waals surface area contributed by atoms with Gasteiger partial charge >= 0.3 is 0 Å². The van der Waals surface area contributed by atoms with Crippen LogP contribution in [0.4, 0.5) is 17.5 Å². The summed E-state index contributed by atoms with van der Waals surface area (Å²) in [7, 11) is 0. The molecule has 0 aromatic carbocycles. The fourth-order valence-corrected chi connectivity index (χ4v) is 3.56. The van der Waals surface area contributed by atoms with Gasteiger partial charge < -0.3 is 20.6 Å². The van der Waals surface area contributed by atoms with Gasteiger partial charge in [0, 0.05) is 43.0 Å². The zero-order valence-corrected chi connectivity index (χ0v) is 15.6. The average molecular weight is 377 g/mol. The van der Waals surface area contributed by atoms with Crippen molar-refractivity contribution in [2.24, 2.45) is 0 Å². The van der Waals surface area contributed by atoms with Gasteiger partial charge in [0.25, 0.3) is 0 Å². The monoisotopic (exact) mass is 376 g/mol. The molecule has 2 aliphatic heterocycles. The molecule has 26 heavy (non-hydrogen) atoms. The second-order valence-electron chi connectivity index (χ2n) is 6.96. The predicted molar refractivity (Wildman–Crippen MR) is 104 cm³/mol. The minimum Gasteiger partial charge on any atom is -0.396 e. The number of nitrogens with one attached hydrogen (secondary N) is 2. The van der Waals surface area contributed by atoms with Crippen LogP contribution in [0.15, 0.2) is 30.6 Å². The van der Waals surface area contributed by atoms with Crippen molar-refractivity contribution in [1.82, 2.24) is 20.3 Å². The van der Waals surface area contributed by atoms with Gasteiger partial charge in [-0.2, -0.15) is 4.98 Å². The molecule has 0 aliphatic carbocycles. The third-order valence-electron chi connectivity index (χ3n) is 5.00. The summed E-state index contributed by atoms with van der Waals surface area (Å²) >= 11 is 0. The standard InChI is InChI=1S/C18H24N6O.ClH/c1-12(11-25)16-5-4-13(8-20-16)22-18-19-7-6-17(23-18)24-9-14-2-3-15(10-24)21-14;/h4-8,12,14-15,21,25H,2-3,9-11H2,1H3,(H,19,22,23);1H/t12?,14-,15+;. The Bertz CT molecular complexity index is 716. The van der Waals surface area contributed by atoms with Crippen LogP contribution in [0.5, 0.6) is 0 Å². The normalized spacial score (nSPS) is 22.6. The summed E-state index contributed by atoms with van der Waals surface area (Å²) in [4.78, 5) is 15.7. The van der Waals surface area contributed by atoms with Gasteiger partial charge in [0.2, 0.25) is 5.95 Å². The van der Waals surface area contributed by atoms with Gasteiger partial charge in [0.1, 0.15) is 5.82 Å². The van der Waals surface area contributed by atoms with E-state index >= 15 is 0 Å². The molecule has 2 fully saturated rings. The Kier molecular flexibility index (Phi) is 5.90. The van der Waals surface area contributed by atoms with Crippen LogP contribution in [-0.2, 0) is 0 Å². The summed E-state index contributed by atoms with van der Waals surface area (Å²) in [5, 5.41) is 16.1. The van der Waals surface area contributed by atoms with Crippen LogP contribution in [0.25, 0.3) is 0 Å². The molecular formula is C18H25ClN6O. The smallest absolute Gasteiger partial charge is 0.229 e. The van der Waals surface area contributed by atoms with Crippen LogP contribution in [-0.4, -0.2) is 51.8 Å². The van der Waals surface area contributed by atoms with Gasteiger partial charge in [0.05, 0.1) is 18.5 Å². The third-order valence-corrected chi connectivity index (χ3v) is 5.00. The van der Waals surface area contributed by atoms with Crippen molar-refractivity contribution < 1.29 is 5.11 Å². The lowest BCUT2D eigenvalue weighted by Gasteiger charge is -2.33. The summed E-state index contributed by atoms with van der Waals surface area (Å²) in [6, 6.07) is 6.99. The lowest BCUT2D eigenvalue weighted by molar-refractivity contribution is 0.271. The van der Waals surface area contributed by atoms with E-state index in [1.54, 1.807) is 12.4 Å². The minimum atomic E-state index is 0. The maximum Gasteiger partial charge on any atom is 0.229 e. The fourth-order valence-electron chi connectivity index (χ4n) is 3.56. The number of rotatable bonds is 5. The van der Waals surface area contributed by atoms with Crippen molar-refractivity contribution in [2.75, 3.05) is 29.9 Å². The number of anilines is 3. The highest BCUT2D eigenvalue weighted by molar-refractivity contribution is 5.85. The van der Waals surface area contributed by atoms with Crippen molar-refractivity contribution in [1.29, 1.82) is 0 Å². The van der Waals surface area contributed by atoms with Crippen LogP contribution in [0.3, 0.4) is 0 Å². The molecule has 0 spiro atoms. The summed E-state index contributed by atoms with van der Waals surface area (Å²) in [6.45, 7) is 4.05. The van der Waals surface area contributed by atoms with E-state index < -0.39 is 0 Å². The van der Waals surface area contributed by atoms with E-state index in [0.29, 0.717) is 18.0 Å². The Morgan fingerprint density at radius 3 is 2.65 bits per heavy atom. The van der Waals surface area contributed by atoms with Crippen molar-refractivity contribution >= 4 is 29.9 Å². The first-order valence-electron chi connectivity index (χ1n) is 8.89. The maximum absolute atomic E-state index is 9.20. The van der Waals surface area contributed by atoms with Gasteiger partial charge in [0.15, 0.2) is 0 Å². The summed E-state index contributed by atoms with van der Waals surface area (Å²) in [5.41, 5.74) is 1.71. The van der Waals surface area contributed by atoms with E-state index in [1.807, 2.05) is 25.1 Å². The molecule has 7 nitrogen and oxygen atoms in total. The molecule has 0 amide bonds. The predicted octanol–water partition coefficient (Wildman–Crippen LogP) is 2.07. The second kappa shape index (κ2) is 8.16. The van der Waals surface area contributed by atoms with Gasteiger partial charge in [-0.05, 0) is 31.0 Å². The SMILES string of the molecule is CC(CO)c1ccc(Nc2nccc(N3C[C@H]4CC[C@@H](C3)N4)n2)cn1.Cl. The molecule has 2 saturated heterocycles. The number of aliphatic hydroxyl groups is 1. The van der Waals surface area contributed by atoms with E-state index in [0.717, 1.165) is 30.3 Å². The highest BCUT2D eigenvalue weighted by Crippen LogP contribution is 2.25. The van der Waals surface area contributed by atoms with E-state index in [4.69, 9.17) is 0 Å². The van der Waals surface area contributed by atoms with Crippen LogP contribution < -0.4 is 15.5 Å². The fraction of sp³-hybridized carbons (Fsp3) is 0.500. The lowest BCUT2D eigenvalue weighted by Crippen LogP contribution is -2.51. The molecule has 0 radical (unpaired) electrons. The van der Waals surface area contributed by atoms with Crippen LogP contribution in [0.2, 0.25) is 0 Å². The van der Waals surface area contributed by atoms with Crippen molar-refractivity contribution in [2.45, 2.75) is 37.8 Å². The van der Waals surface area contributed by atoms with Crippen molar-refractivity contribution in [3.63, 3.8) is 0 Å². The number of pyridine rings is 1. The molecule has 140 valence electrons. The molecule has 2 aromatic heterocycles. The Balaban J connectivity index is 0.00000196. The molecule has 2 bridgehead atoms. The zero-order valence-electron chi connectivity index (χ0n) is 14.8. The van der Waals surface area contributed by atoms with E-state index in [-0.39, 0.29) is 24.9 Å². The van der Waals surface area contributed by atoms with Gasteiger partial charge in [-0.1, -0.05) is 6.92 Å². The molecule has 8 heteroatoms. The molecule has 2 aromatic rings. The lowest BCUT2D eigenvalue weighted by atomic mass is 10.1. The first kappa shape index (κ1) is 18.8. The largest absolute Gasteiger partial charge is 0.396 e. The van der Waals surface area contributed by atoms with Crippen LogP contribution in [0, 0.1) is 0 Å².